The molecule has 0 radical (unpaired) electrons. The summed E-state index contributed by atoms with van der Waals surface area (Å²) in [5.41, 5.74) is 5.39. The van der Waals surface area contributed by atoms with Crippen LogP contribution in [0.1, 0.15) is 63.4 Å². The number of carboxylic acid groups (broad SMARTS) is 1. The van der Waals surface area contributed by atoms with E-state index in [-0.39, 0.29) is 30.2 Å². The van der Waals surface area contributed by atoms with Gasteiger partial charge < -0.3 is 30.7 Å². The molecule has 0 amide bonds. The summed E-state index contributed by atoms with van der Waals surface area (Å²) in [5.74, 6) is 0.148. The molecule has 5 N–H and O–H groups in total. The predicted octanol–water partition coefficient (Wildman–Crippen LogP) is 3.40. The molecule has 0 saturated heterocycles. The first-order chi connectivity index (χ1) is 15.1. The Morgan fingerprint density at radius 1 is 1.21 bits per heavy atom. The van der Waals surface area contributed by atoms with Gasteiger partial charge in [0.15, 0.2) is 0 Å². The summed E-state index contributed by atoms with van der Waals surface area (Å²) >= 11 is 0. The van der Waals surface area contributed by atoms with E-state index >= 15 is 0 Å². The average Bonchev–Trinajstić information content (AvgIpc) is 2.76. The van der Waals surface area contributed by atoms with Crippen LogP contribution in [-0.2, 0) is 10.4 Å². The second-order valence-corrected chi connectivity index (χ2v) is 9.89. The molecular weight excluding hydrogens is 444 g/mol. The van der Waals surface area contributed by atoms with Crippen LogP contribution in [0.25, 0.3) is 0 Å². The van der Waals surface area contributed by atoms with E-state index in [1.165, 1.54) is 6.42 Å². The Morgan fingerprint density at radius 2 is 1.88 bits per heavy atom. The standard InChI is InChI=1S/C16H25NO3.C9H17NO2.ClH/c1-17(2)11-13-7-8-14(18)10-16(13,19)12-5-4-6-15(9-12)20-3;10-7-9(6-8(11)12)4-2-1-3-5-9;/h4-6,9,13-14,18-19H,7-8,10-11H2,1-3H3;1-7,10H2,(H,11,12);1H/t13-,14-,16+;;/m0../s1. The summed E-state index contributed by atoms with van der Waals surface area (Å²) in [5, 5.41) is 29.9. The van der Waals surface area contributed by atoms with Crippen molar-refractivity contribution in [3.63, 3.8) is 0 Å². The molecule has 190 valence electrons. The normalized spacial score (nSPS) is 26.5. The van der Waals surface area contributed by atoms with Crippen LogP contribution in [0.15, 0.2) is 24.3 Å². The third-order valence-electron chi connectivity index (χ3n) is 7.10. The number of ether oxygens (including phenoxy) is 1. The maximum absolute atomic E-state index is 11.2. The van der Waals surface area contributed by atoms with Crippen molar-refractivity contribution in [2.45, 2.75) is 69.5 Å². The van der Waals surface area contributed by atoms with Gasteiger partial charge in [-0.25, -0.2) is 0 Å². The van der Waals surface area contributed by atoms with E-state index in [0.717, 1.165) is 56.4 Å². The lowest BCUT2D eigenvalue weighted by atomic mass is 9.70. The summed E-state index contributed by atoms with van der Waals surface area (Å²) in [6.45, 7) is 1.33. The average molecular weight is 487 g/mol. The van der Waals surface area contributed by atoms with Gasteiger partial charge >= 0.3 is 5.97 Å². The molecule has 0 aromatic heterocycles. The maximum atomic E-state index is 11.2. The van der Waals surface area contributed by atoms with E-state index in [9.17, 15) is 15.0 Å². The summed E-state index contributed by atoms with van der Waals surface area (Å²) in [6.07, 6.45) is 7.30. The number of carbonyl (C=O) groups is 1. The van der Waals surface area contributed by atoms with Crippen LogP contribution in [0.3, 0.4) is 0 Å². The molecule has 0 spiro atoms. The quantitative estimate of drug-likeness (QED) is 0.466. The van der Waals surface area contributed by atoms with E-state index in [1.54, 1.807) is 7.11 Å². The third-order valence-corrected chi connectivity index (χ3v) is 7.10. The highest BCUT2D eigenvalue weighted by molar-refractivity contribution is 5.85. The number of aliphatic carboxylic acids is 1. The van der Waals surface area contributed by atoms with Crippen molar-refractivity contribution in [2.75, 3.05) is 34.3 Å². The monoisotopic (exact) mass is 486 g/mol. The van der Waals surface area contributed by atoms with Crippen molar-refractivity contribution in [3.05, 3.63) is 29.8 Å². The predicted molar refractivity (Wildman–Crippen MR) is 133 cm³/mol. The van der Waals surface area contributed by atoms with Gasteiger partial charge in [0.05, 0.1) is 25.2 Å². The second-order valence-electron chi connectivity index (χ2n) is 9.89. The number of methoxy groups -OCH3 is 1. The molecule has 2 aliphatic carbocycles. The molecule has 2 saturated carbocycles. The van der Waals surface area contributed by atoms with E-state index < -0.39 is 17.7 Å². The lowest BCUT2D eigenvalue weighted by Crippen LogP contribution is -2.46. The Morgan fingerprint density at radius 3 is 2.42 bits per heavy atom. The Bertz CT molecular complexity index is 727. The fourth-order valence-corrected chi connectivity index (χ4v) is 5.26. The number of aliphatic hydroxyl groups is 2. The van der Waals surface area contributed by atoms with Gasteiger partial charge in [-0.1, -0.05) is 31.4 Å². The van der Waals surface area contributed by atoms with Crippen molar-refractivity contribution in [3.8, 4) is 5.75 Å². The van der Waals surface area contributed by atoms with Crippen LogP contribution in [0.2, 0.25) is 0 Å². The number of nitrogens with zero attached hydrogens (tertiary/aromatic N) is 1. The van der Waals surface area contributed by atoms with Gasteiger partial charge in [0.25, 0.3) is 0 Å². The number of carboxylic acids is 1. The maximum Gasteiger partial charge on any atom is 0.303 e. The highest BCUT2D eigenvalue weighted by Gasteiger charge is 2.43. The first-order valence-electron chi connectivity index (χ1n) is 11.8. The molecule has 1 aromatic rings. The second kappa shape index (κ2) is 13.5. The van der Waals surface area contributed by atoms with Gasteiger partial charge in [0.2, 0.25) is 0 Å². The number of hydrogen-bond acceptors (Lipinski definition) is 6. The van der Waals surface area contributed by atoms with Crippen molar-refractivity contribution < 1.29 is 24.9 Å². The topological polar surface area (TPSA) is 116 Å². The lowest BCUT2D eigenvalue weighted by molar-refractivity contribution is -0.140. The zero-order chi connectivity index (χ0) is 23.8. The minimum Gasteiger partial charge on any atom is -0.497 e. The molecule has 0 aliphatic heterocycles. The first kappa shape index (κ1) is 29.7. The fourth-order valence-electron chi connectivity index (χ4n) is 5.26. The number of halogens is 1. The van der Waals surface area contributed by atoms with Crippen LogP contribution in [0, 0.1) is 11.3 Å². The van der Waals surface area contributed by atoms with Crippen LogP contribution >= 0.6 is 12.4 Å². The van der Waals surface area contributed by atoms with Gasteiger partial charge in [-0.3, -0.25) is 4.79 Å². The zero-order valence-electron chi connectivity index (χ0n) is 20.3. The number of hydrogen-bond donors (Lipinski definition) is 4. The van der Waals surface area contributed by atoms with E-state index in [4.69, 9.17) is 15.6 Å². The Kier molecular flexibility index (Phi) is 12.1. The number of benzene rings is 1. The van der Waals surface area contributed by atoms with Crippen molar-refractivity contribution in [2.24, 2.45) is 17.1 Å². The van der Waals surface area contributed by atoms with Crippen molar-refractivity contribution in [1.82, 2.24) is 4.90 Å². The molecule has 3 rings (SSSR count). The first-order valence-corrected chi connectivity index (χ1v) is 11.8. The molecule has 3 atom stereocenters. The summed E-state index contributed by atoms with van der Waals surface area (Å²) in [4.78, 5) is 12.7. The Hall–Kier alpha value is -1.38. The highest BCUT2D eigenvalue weighted by atomic mass is 35.5. The van der Waals surface area contributed by atoms with E-state index in [1.807, 2.05) is 38.4 Å². The van der Waals surface area contributed by atoms with Crippen LogP contribution in [0.5, 0.6) is 5.75 Å². The zero-order valence-corrected chi connectivity index (χ0v) is 21.1. The third kappa shape index (κ3) is 8.41. The molecule has 2 aliphatic rings. The molecule has 2 fully saturated rings. The van der Waals surface area contributed by atoms with Gasteiger partial charge in [0, 0.05) is 18.9 Å². The van der Waals surface area contributed by atoms with Crippen LogP contribution < -0.4 is 10.5 Å². The summed E-state index contributed by atoms with van der Waals surface area (Å²) in [6, 6.07) is 7.55. The molecular formula is C25H43ClN2O5. The van der Waals surface area contributed by atoms with Gasteiger partial charge in [-0.05, 0) is 69.4 Å². The van der Waals surface area contributed by atoms with Gasteiger partial charge in [-0.2, -0.15) is 0 Å². The molecule has 0 bridgehead atoms. The number of aliphatic hydroxyl groups excluding tert-OH is 1. The minimum atomic E-state index is -0.990. The van der Waals surface area contributed by atoms with Crippen molar-refractivity contribution in [1.29, 1.82) is 0 Å². The van der Waals surface area contributed by atoms with Crippen LogP contribution in [-0.4, -0.2) is 66.6 Å². The van der Waals surface area contributed by atoms with Crippen molar-refractivity contribution >= 4 is 18.4 Å². The summed E-state index contributed by atoms with van der Waals surface area (Å²) < 4.78 is 5.25. The summed E-state index contributed by atoms with van der Waals surface area (Å²) in [7, 11) is 5.64. The number of rotatable bonds is 7. The largest absolute Gasteiger partial charge is 0.497 e. The van der Waals surface area contributed by atoms with Gasteiger partial charge in [-0.15, -0.1) is 12.4 Å². The number of nitrogens with two attached hydrogens (primary N) is 1. The van der Waals surface area contributed by atoms with E-state index in [2.05, 4.69) is 4.90 Å². The molecule has 0 heterocycles. The Balaban J connectivity index is 0.000000361. The lowest BCUT2D eigenvalue weighted by Gasteiger charge is -2.43. The van der Waals surface area contributed by atoms with E-state index in [0.29, 0.717) is 13.0 Å². The molecule has 1 aromatic carbocycles. The van der Waals surface area contributed by atoms with Crippen LogP contribution in [0.4, 0.5) is 0 Å². The Labute approximate surface area is 204 Å². The SMILES string of the molecule is COc1cccc([C@]2(O)C[C@@H](O)CC[C@H]2CN(C)C)c1.Cl.NCC1(CC(=O)O)CCCCC1. The molecule has 8 heteroatoms. The fraction of sp³-hybridized carbons (Fsp3) is 0.720. The molecule has 7 nitrogen and oxygen atoms in total. The van der Waals surface area contributed by atoms with Gasteiger partial charge in [0.1, 0.15) is 5.75 Å². The highest BCUT2D eigenvalue weighted by Crippen LogP contribution is 2.43. The molecule has 0 unspecified atom stereocenters. The minimum absolute atomic E-state index is 0. The molecule has 33 heavy (non-hydrogen) atoms. The smallest absolute Gasteiger partial charge is 0.303 e.